The molecule has 7 heteroatoms. The monoisotopic (exact) mass is 409 g/mol. The summed E-state index contributed by atoms with van der Waals surface area (Å²) >= 11 is 3.32. The Balaban J connectivity index is 1.92. The fourth-order valence-electron chi connectivity index (χ4n) is 2.36. The van der Waals surface area contributed by atoms with E-state index >= 15 is 0 Å². The molecule has 0 unspecified atom stereocenters. The minimum Gasteiger partial charge on any atom is -0.339 e. The van der Waals surface area contributed by atoms with Gasteiger partial charge >= 0.3 is 0 Å². The van der Waals surface area contributed by atoms with Crippen LogP contribution in [0, 0.1) is 5.82 Å². The zero-order chi connectivity index (χ0) is 18.2. The molecule has 1 aromatic heterocycles. The van der Waals surface area contributed by atoms with Gasteiger partial charge in [0.05, 0.1) is 0 Å². The van der Waals surface area contributed by atoms with Crippen LogP contribution in [0.15, 0.2) is 39.8 Å². The summed E-state index contributed by atoms with van der Waals surface area (Å²) in [7, 11) is 0. The lowest BCUT2D eigenvalue weighted by atomic mass is 10.1. The molecule has 2 rings (SSSR count). The number of hydrogen-bond acceptors (Lipinski definition) is 4. The Morgan fingerprint density at radius 1 is 1.48 bits per heavy atom. The van der Waals surface area contributed by atoms with Gasteiger partial charge in [0.15, 0.2) is 5.82 Å². The zero-order valence-electron chi connectivity index (χ0n) is 14.2. The lowest BCUT2D eigenvalue weighted by Crippen LogP contribution is -2.31. The van der Waals surface area contributed by atoms with E-state index < -0.39 is 0 Å². The lowest BCUT2D eigenvalue weighted by Gasteiger charge is -2.21. The molecule has 1 amide bonds. The van der Waals surface area contributed by atoms with Crippen LogP contribution < -0.4 is 0 Å². The van der Waals surface area contributed by atoms with E-state index in [4.69, 9.17) is 4.52 Å². The van der Waals surface area contributed by atoms with Crippen LogP contribution >= 0.6 is 15.9 Å². The zero-order valence-corrected chi connectivity index (χ0v) is 15.8. The molecule has 2 aromatic rings. The second kappa shape index (κ2) is 9.46. The Morgan fingerprint density at radius 3 is 2.96 bits per heavy atom. The van der Waals surface area contributed by atoms with Crippen LogP contribution in [0.3, 0.4) is 0 Å². The Morgan fingerprint density at radius 2 is 2.28 bits per heavy atom. The molecule has 1 aromatic carbocycles. The highest BCUT2D eigenvalue weighted by Crippen LogP contribution is 2.18. The van der Waals surface area contributed by atoms with Gasteiger partial charge in [-0.15, -0.1) is 6.58 Å². The number of rotatable bonds is 9. The summed E-state index contributed by atoms with van der Waals surface area (Å²) in [6.45, 7) is 6.20. The SMILES string of the molecule is C=CCN(Cc1cc(Br)ccc1F)C(=O)CCCc1nc(CC)no1. The molecule has 0 bridgehead atoms. The van der Waals surface area contributed by atoms with Crippen LogP contribution in [0.2, 0.25) is 0 Å². The van der Waals surface area contributed by atoms with Crippen LogP contribution in [0.5, 0.6) is 0 Å². The first-order valence-electron chi connectivity index (χ1n) is 8.17. The largest absolute Gasteiger partial charge is 0.339 e. The van der Waals surface area contributed by atoms with Gasteiger partial charge in [-0.25, -0.2) is 4.39 Å². The summed E-state index contributed by atoms with van der Waals surface area (Å²) in [5.74, 6) is 0.815. The number of nitrogens with zero attached hydrogens (tertiary/aromatic N) is 3. The number of aromatic nitrogens is 2. The van der Waals surface area contributed by atoms with Gasteiger partial charge in [0.1, 0.15) is 5.82 Å². The highest BCUT2D eigenvalue weighted by atomic mass is 79.9. The van der Waals surface area contributed by atoms with Crippen LogP contribution in [0.25, 0.3) is 0 Å². The van der Waals surface area contributed by atoms with Crippen molar-refractivity contribution < 1.29 is 13.7 Å². The van der Waals surface area contributed by atoms with Gasteiger partial charge in [-0.3, -0.25) is 4.79 Å². The van der Waals surface area contributed by atoms with Crippen molar-refractivity contribution in [3.63, 3.8) is 0 Å². The third kappa shape index (κ3) is 5.77. The molecule has 0 saturated heterocycles. The third-order valence-electron chi connectivity index (χ3n) is 3.68. The van der Waals surface area contributed by atoms with E-state index in [1.54, 1.807) is 23.1 Å². The van der Waals surface area contributed by atoms with Gasteiger partial charge in [-0.05, 0) is 24.6 Å². The van der Waals surface area contributed by atoms with Gasteiger partial charge in [0, 0.05) is 42.4 Å². The van der Waals surface area contributed by atoms with Crippen molar-refractivity contribution in [1.29, 1.82) is 0 Å². The summed E-state index contributed by atoms with van der Waals surface area (Å²) in [5, 5.41) is 3.83. The normalized spacial score (nSPS) is 10.7. The first kappa shape index (κ1) is 19.3. The summed E-state index contributed by atoms with van der Waals surface area (Å²) in [6.07, 6.45) is 3.82. The fraction of sp³-hybridized carbons (Fsp3) is 0.389. The molecule has 0 radical (unpaired) electrons. The van der Waals surface area contributed by atoms with Crippen molar-refractivity contribution in [2.75, 3.05) is 6.54 Å². The van der Waals surface area contributed by atoms with Crippen LogP contribution in [0.4, 0.5) is 4.39 Å². The summed E-state index contributed by atoms with van der Waals surface area (Å²) in [6, 6.07) is 4.70. The van der Waals surface area contributed by atoms with E-state index in [9.17, 15) is 9.18 Å². The highest BCUT2D eigenvalue weighted by Gasteiger charge is 2.15. The second-order valence-electron chi connectivity index (χ2n) is 5.61. The molecular formula is C18H21BrFN3O2. The van der Waals surface area contributed by atoms with Crippen molar-refractivity contribution in [3.05, 3.63) is 58.4 Å². The number of halogens is 2. The molecule has 1 heterocycles. The minimum atomic E-state index is -0.331. The molecule has 0 aliphatic heterocycles. The van der Waals surface area contributed by atoms with E-state index in [0.717, 1.165) is 4.47 Å². The molecule has 0 fully saturated rings. The van der Waals surface area contributed by atoms with Gasteiger partial charge in [-0.2, -0.15) is 4.98 Å². The number of carbonyl (C=O) groups excluding carboxylic acids is 1. The second-order valence-corrected chi connectivity index (χ2v) is 6.53. The fourth-order valence-corrected chi connectivity index (χ4v) is 2.77. The average Bonchev–Trinajstić information content (AvgIpc) is 3.05. The maximum absolute atomic E-state index is 13.9. The predicted molar refractivity (Wildman–Crippen MR) is 96.3 cm³/mol. The molecular weight excluding hydrogens is 389 g/mol. The molecule has 0 spiro atoms. The number of benzene rings is 1. The molecule has 0 saturated carbocycles. The van der Waals surface area contributed by atoms with Gasteiger partial charge < -0.3 is 9.42 Å². The summed E-state index contributed by atoms with van der Waals surface area (Å²) in [4.78, 5) is 18.3. The lowest BCUT2D eigenvalue weighted by molar-refractivity contribution is -0.131. The van der Waals surface area contributed by atoms with E-state index in [1.807, 2.05) is 6.92 Å². The predicted octanol–water partition coefficient (Wildman–Crippen LogP) is 4.07. The smallest absolute Gasteiger partial charge is 0.226 e. The van der Waals surface area contributed by atoms with E-state index in [2.05, 4.69) is 32.6 Å². The first-order valence-corrected chi connectivity index (χ1v) is 8.96. The molecule has 0 aliphatic rings. The van der Waals surface area contributed by atoms with Gasteiger partial charge in [0.25, 0.3) is 0 Å². The van der Waals surface area contributed by atoms with E-state index in [0.29, 0.717) is 49.5 Å². The first-order chi connectivity index (χ1) is 12.0. The molecule has 25 heavy (non-hydrogen) atoms. The maximum atomic E-state index is 13.9. The molecule has 5 nitrogen and oxygen atoms in total. The summed E-state index contributed by atoms with van der Waals surface area (Å²) in [5.41, 5.74) is 0.467. The van der Waals surface area contributed by atoms with Crippen molar-refractivity contribution in [3.8, 4) is 0 Å². The summed E-state index contributed by atoms with van der Waals surface area (Å²) < 4.78 is 19.8. The highest BCUT2D eigenvalue weighted by molar-refractivity contribution is 9.10. The number of carbonyl (C=O) groups is 1. The molecule has 0 aliphatic carbocycles. The van der Waals surface area contributed by atoms with Gasteiger partial charge in [-0.1, -0.05) is 34.1 Å². The van der Waals surface area contributed by atoms with Crippen LogP contribution in [-0.2, 0) is 24.2 Å². The molecule has 0 N–H and O–H groups in total. The number of amides is 1. The molecule has 0 atom stereocenters. The Bertz CT molecular complexity index is 733. The number of hydrogen-bond donors (Lipinski definition) is 0. The Labute approximate surface area is 155 Å². The standard InChI is InChI=1S/C18H21BrFN3O2/c1-3-10-23(12-13-11-14(19)8-9-15(13)20)18(24)7-5-6-17-21-16(4-2)22-25-17/h3,8-9,11H,1,4-7,10,12H2,2H3. The van der Waals surface area contributed by atoms with Crippen molar-refractivity contribution in [2.24, 2.45) is 0 Å². The topological polar surface area (TPSA) is 59.2 Å². The van der Waals surface area contributed by atoms with Crippen LogP contribution in [0.1, 0.15) is 37.0 Å². The number of aryl methyl sites for hydroxylation is 2. The van der Waals surface area contributed by atoms with Crippen LogP contribution in [-0.4, -0.2) is 27.5 Å². The van der Waals surface area contributed by atoms with Crippen molar-refractivity contribution in [2.45, 2.75) is 39.2 Å². The van der Waals surface area contributed by atoms with Crippen molar-refractivity contribution in [1.82, 2.24) is 15.0 Å². The average molecular weight is 410 g/mol. The van der Waals surface area contributed by atoms with Crippen molar-refractivity contribution >= 4 is 21.8 Å². The third-order valence-corrected chi connectivity index (χ3v) is 4.17. The minimum absolute atomic E-state index is 0.0606. The quantitative estimate of drug-likeness (QED) is 0.585. The van der Waals surface area contributed by atoms with E-state index in [1.165, 1.54) is 6.07 Å². The Hall–Kier alpha value is -2.02. The maximum Gasteiger partial charge on any atom is 0.226 e. The Kier molecular flexibility index (Phi) is 7.31. The van der Waals surface area contributed by atoms with E-state index in [-0.39, 0.29) is 18.3 Å². The van der Waals surface area contributed by atoms with Gasteiger partial charge in [0.2, 0.25) is 11.8 Å². The molecule has 134 valence electrons.